The molecule has 0 saturated carbocycles. The molecule has 1 rings (SSSR count). The van der Waals surface area contributed by atoms with Crippen LogP contribution in [0.3, 0.4) is 0 Å². The highest BCUT2D eigenvalue weighted by atomic mass is 16.1. The van der Waals surface area contributed by atoms with E-state index in [9.17, 15) is 4.79 Å². The highest BCUT2D eigenvalue weighted by Crippen LogP contribution is 2.13. The lowest BCUT2D eigenvalue weighted by Crippen LogP contribution is -2.44. The summed E-state index contributed by atoms with van der Waals surface area (Å²) in [4.78, 5) is 11.4. The first-order chi connectivity index (χ1) is 6.24. The van der Waals surface area contributed by atoms with E-state index in [1.165, 1.54) is 0 Å². The van der Waals surface area contributed by atoms with Crippen molar-refractivity contribution >= 4 is 5.91 Å². The summed E-state index contributed by atoms with van der Waals surface area (Å²) < 4.78 is 0. The first-order valence-electron chi connectivity index (χ1n) is 4.68. The Bertz CT molecular complexity index is 211. The number of nitrogens with one attached hydrogen (secondary N) is 2. The van der Waals surface area contributed by atoms with Gasteiger partial charge in [-0.25, -0.2) is 0 Å². The summed E-state index contributed by atoms with van der Waals surface area (Å²) in [5.74, 6) is 2.58. The van der Waals surface area contributed by atoms with Crippen molar-refractivity contribution in [2.45, 2.75) is 25.8 Å². The Labute approximate surface area is 79.3 Å². The van der Waals surface area contributed by atoms with Crippen molar-refractivity contribution in [2.75, 3.05) is 13.1 Å². The Balaban J connectivity index is 2.28. The van der Waals surface area contributed by atoms with Gasteiger partial charge in [0, 0.05) is 12.6 Å². The summed E-state index contributed by atoms with van der Waals surface area (Å²) in [6.45, 7) is 3.25. The maximum atomic E-state index is 11.4. The van der Waals surface area contributed by atoms with Crippen LogP contribution in [-0.4, -0.2) is 25.0 Å². The van der Waals surface area contributed by atoms with Crippen LogP contribution in [0.2, 0.25) is 0 Å². The highest BCUT2D eigenvalue weighted by Gasteiger charge is 2.22. The lowest BCUT2D eigenvalue weighted by Gasteiger charge is -2.26. The molecule has 1 saturated heterocycles. The lowest BCUT2D eigenvalue weighted by atomic mass is 9.95. The van der Waals surface area contributed by atoms with E-state index in [2.05, 4.69) is 23.5 Å². The molecular weight excluding hydrogens is 164 g/mol. The zero-order chi connectivity index (χ0) is 9.68. The number of rotatable bonds is 2. The number of carbonyl (C=O) groups excluding carboxylic acids is 1. The van der Waals surface area contributed by atoms with Crippen LogP contribution in [-0.2, 0) is 4.79 Å². The third-order valence-corrected chi connectivity index (χ3v) is 2.40. The van der Waals surface area contributed by atoms with Gasteiger partial charge in [-0.3, -0.25) is 4.79 Å². The molecule has 0 aromatic carbocycles. The minimum atomic E-state index is 0.0809. The molecule has 1 aliphatic heterocycles. The van der Waals surface area contributed by atoms with Gasteiger partial charge in [-0.15, -0.1) is 6.42 Å². The average molecular weight is 180 g/mol. The van der Waals surface area contributed by atoms with Gasteiger partial charge < -0.3 is 10.6 Å². The molecule has 13 heavy (non-hydrogen) atoms. The first-order valence-corrected chi connectivity index (χ1v) is 4.68. The summed E-state index contributed by atoms with van der Waals surface area (Å²) in [7, 11) is 0. The maximum Gasteiger partial charge on any atom is 0.225 e. The Morgan fingerprint density at radius 1 is 1.69 bits per heavy atom. The van der Waals surface area contributed by atoms with Crippen LogP contribution in [0, 0.1) is 18.3 Å². The zero-order valence-corrected chi connectivity index (χ0v) is 7.97. The van der Waals surface area contributed by atoms with Crippen molar-refractivity contribution in [3.05, 3.63) is 0 Å². The summed E-state index contributed by atoms with van der Waals surface area (Å²) in [5, 5.41) is 5.98. The average Bonchev–Trinajstić information content (AvgIpc) is 2.15. The van der Waals surface area contributed by atoms with Gasteiger partial charge in [0.15, 0.2) is 0 Å². The molecule has 0 spiro atoms. The van der Waals surface area contributed by atoms with E-state index < -0.39 is 0 Å². The monoisotopic (exact) mass is 180 g/mol. The van der Waals surface area contributed by atoms with Crippen LogP contribution in [0.1, 0.15) is 19.8 Å². The van der Waals surface area contributed by atoms with Crippen LogP contribution < -0.4 is 10.6 Å². The number of terminal acetylenes is 1. The second kappa shape index (κ2) is 4.88. The normalized spacial score (nSPS) is 27.7. The van der Waals surface area contributed by atoms with E-state index in [0.717, 1.165) is 19.4 Å². The molecule has 72 valence electrons. The van der Waals surface area contributed by atoms with E-state index in [1.54, 1.807) is 0 Å². The maximum absolute atomic E-state index is 11.4. The summed E-state index contributed by atoms with van der Waals surface area (Å²) in [6, 6.07) is 0.539. The molecule has 1 amide bonds. The molecule has 2 atom stereocenters. The Hall–Kier alpha value is -1.01. The van der Waals surface area contributed by atoms with Crippen molar-refractivity contribution in [3.63, 3.8) is 0 Å². The first kappa shape index (κ1) is 10.1. The molecule has 0 bridgehead atoms. The molecule has 1 aliphatic rings. The smallest absolute Gasteiger partial charge is 0.225 e. The molecule has 1 heterocycles. The van der Waals surface area contributed by atoms with E-state index >= 15 is 0 Å². The number of hydrogen-bond donors (Lipinski definition) is 2. The molecule has 3 nitrogen and oxygen atoms in total. The predicted molar refractivity (Wildman–Crippen MR) is 52.0 cm³/mol. The SMILES string of the molecule is C#CCNC(=O)C1CCC(C)NC1. The fourth-order valence-electron chi connectivity index (χ4n) is 1.51. The van der Waals surface area contributed by atoms with E-state index in [4.69, 9.17) is 6.42 Å². The minimum absolute atomic E-state index is 0.0809. The summed E-state index contributed by atoms with van der Waals surface area (Å²) in [6.07, 6.45) is 7.07. The fraction of sp³-hybridized carbons (Fsp3) is 0.700. The Morgan fingerprint density at radius 2 is 2.46 bits per heavy atom. The van der Waals surface area contributed by atoms with Crippen LogP contribution in [0.4, 0.5) is 0 Å². The molecule has 0 radical (unpaired) electrons. The van der Waals surface area contributed by atoms with Crippen LogP contribution in [0.25, 0.3) is 0 Å². The molecule has 0 aromatic rings. The van der Waals surface area contributed by atoms with Gasteiger partial charge in [0.25, 0.3) is 0 Å². The number of amides is 1. The van der Waals surface area contributed by atoms with E-state index in [0.29, 0.717) is 12.6 Å². The quantitative estimate of drug-likeness (QED) is 0.593. The minimum Gasteiger partial charge on any atom is -0.345 e. The topological polar surface area (TPSA) is 41.1 Å². The summed E-state index contributed by atoms with van der Waals surface area (Å²) in [5.41, 5.74) is 0. The van der Waals surface area contributed by atoms with Gasteiger partial charge in [-0.1, -0.05) is 5.92 Å². The van der Waals surface area contributed by atoms with Gasteiger partial charge >= 0.3 is 0 Å². The van der Waals surface area contributed by atoms with Gasteiger partial charge in [-0.2, -0.15) is 0 Å². The van der Waals surface area contributed by atoms with Crippen molar-refractivity contribution in [2.24, 2.45) is 5.92 Å². The fourth-order valence-corrected chi connectivity index (χ4v) is 1.51. The highest BCUT2D eigenvalue weighted by molar-refractivity contribution is 5.79. The molecule has 3 heteroatoms. The lowest BCUT2D eigenvalue weighted by molar-refractivity contribution is -0.125. The molecule has 0 aromatic heterocycles. The van der Waals surface area contributed by atoms with Gasteiger partial charge in [0.1, 0.15) is 0 Å². The van der Waals surface area contributed by atoms with Gasteiger partial charge in [0.05, 0.1) is 12.5 Å². The second-order valence-electron chi connectivity index (χ2n) is 3.51. The number of piperidine rings is 1. The van der Waals surface area contributed by atoms with Crippen molar-refractivity contribution < 1.29 is 4.79 Å². The predicted octanol–water partition coefficient (Wildman–Crippen LogP) is 0.124. The van der Waals surface area contributed by atoms with Crippen LogP contribution in [0.5, 0.6) is 0 Å². The molecule has 1 fully saturated rings. The van der Waals surface area contributed by atoms with Crippen molar-refractivity contribution in [1.29, 1.82) is 0 Å². The zero-order valence-electron chi connectivity index (χ0n) is 7.97. The Morgan fingerprint density at radius 3 is 3.00 bits per heavy atom. The number of hydrogen-bond acceptors (Lipinski definition) is 2. The standard InChI is InChI=1S/C10H16N2O/c1-3-6-11-10(13)9-5-4-8(2)12-7-9/h1,8-9,12H,4-7H2,2H3,(H,11,13). The van der Waals surface area contributed by atoms with Crippen molar-refractivity contribution in [3.8, 4) is 12.3 Å². The van der Waals surface area contributed by atoms with Crippen LogP contribution >= 0.6 is 0 Å². The number of carbonyl (C=O) groups is 1. The Kier molecular flexibility index (Phi) is 3.78. The van der Waals surface area contributed by atoms with E-state index in [1.807, 2.05) is 0 Å². The molecule has 2 unspecified atom stereocenters. The summed E-state index contributed by atoms with van der Waals surface area (Å²) >= 11 is 0. The van der Waals surface area contributed by atoms with Gasteiger partial charge in [-0.05, 0) is 19.8 Å². The van der Waals surface area contributed by atoms with Crippen molar-refractivity contribution in [1.82, 2.24) is 10.6 Å². The molecule has 2 N–H and O–H groups in total. The molecular formula is C10H16N2O. The van der Waals surface area contributed by atoms with Crippen LogP contribution in [0.15, 0.2) is 0 Å². The second-order valence-corrected chi connectivity index (χ2v) is 3.51. The third-order valence-electron chi connectivity index (χ3n) is 2.40. The third kappa shape index (κ3) is 3.08. The van der Waals surface area contributed by atoms with E-state index in [-0.39, 0.29) is 11.8 Å². The van der Waals surface area contributed by atoms with Gasteiger partial charge in [0.2, 0.25) is 5.91 Å². The largest absolute Gasteiger partial charge is 0.345 e. The molecule has 0 aliphatic carbocycles.